The van der Waals surface area contributed by atoms with Gasteiger partial charge in [-0.25, -0.2) is 12.7 Å². The molecule has 36 heavy (non-hydrogen) atoms. The molecule has 0 radical (unpaired) electrons. The molecule has 0 bridgehead atoms. The molecule has 1 aliphatic rings. The fourth-order valence-electron chi connectivity index (χ4n) is 5.23. The van der Waals surface area contributed by atoms with E-state index in [9.17, 15) is 13.3 Å². The molecule has 8 heteroatoms. The molecule has 0 saturated carbocycles. The third-order valence-electron chi connectivity index (χ3n) is 7.23. The molecule has 0 spiro atoms. The topological polar surface area (TPSA) is 79.7 Å². The van der Waals surface area contributed by atoms with E-state index in [0.29, 0.717) is 30.5 Å². The molecule has 3 aromatic rings. The number of sulfonamides is 1. The molecule has 0 N–H and O–H groups in total. The Morgan fingerprint density at radius 3 is 2.31 bits per heavy atom. The Morgan fingerprint density at radius 1 is 1.03 bits per heavy atom. The number of piperidine rings is 1. The molecule has 1 aliphatic heterocycles. The fourth-order valence-corrected chi connectivity index (χ4v) is 6.33. The molecule has 1 aromatic heterocycles. The minimum atomic E-state index is -3.14. The standard InChI is InChI=1S/C28H32ClN3O3S/c1-19-16-25(29)8-9-26(19)27(18-28(31-33)24-10-13-30-20(2)17-24)23-6-4-21(5-7-23)22-11-14-32(15-12-22)36(3,34)35/h4-10,13,16-17,22,27-28H,11-12,14-15,18H2,1-3H3/t27-,28?/m1/s1. The van der Waals surface area contributed by atoms with Crippen molar-refractivity contribution in [2.24, 2.45) is 5.18 Å². The van der Waals surface area contributed by atoms with E-state index in [1.54, 1.807) is 10.5 Å². The number of aryl methyl sites for hydroxylation is 2. The van der Waals surface area contributed by atoms with Crippen LogP contribution in [0.15, 0.2) is 66.0 Å². The van der Waals surface area contributed by atoms with Crippen LogP contribution in [0.3, 0.4) is 0 Å². The number of aromatic nitrogens is 1. The average molecular weight is 526 g/mol. The molecule has 2 aromatic carbocycles. The Balaban J connectivity index is 1.62. The van der Waals surface area contributed by atoms with Gasteiger partial charge < -0.3 is 0 Å². The van der Waals surface area contributed by atoms with E-state index in [-0.39, 0.29) is 5.92 Å². The highest BCUT2D eigenvalue weighted by atomic mass is 35.5. The predicted octanol–water partition coefficient (Wildman–Crippen LogP) is 6.52. The molecule has 1 saturated heterocycles. The molecule has 4 rings (SSSR count). The van der Waals surface area contributed by atoms with Gasteiger partial charge in [0.2, 0.25) is 10.0 Å². The van der Waals surface area contributed by atoms with Crippen LogP contribution in [-0.2, 0) is 10.0 Å². The van der Waals surface area contributed by atoms with Gasteiger partial charge in [-0.2, -0.15) is 4.91 Å². The van der Waals surface area contributed by atoms with Crippen molar-refractivity contribution in [3.8, 4) is 0 Å². The third-order valence-corrected chi connectivity index (χ3v) is 8.77. The van der Waals surface area contributed by atoms with Crippen molar-refractivity contribution in [3.63, 3.8) is 0 Å². The quantitative estimate of drug-likeness (QED) is 0.313. The number of halogens is 1. The number of hydrogen-bond acceptors (Lipinski definition) is 5. The van der Waals surface area contributed by atoms with Crippen molar-refractivity contribution >= 4 is 21.6 Å². The number of nitrogens with zero attached hydrogens (tertiary/aromatic N) is 3. The summed E-state index contributed by atoms with van der Waals surface area (Å²) in [5.41, 5.74) is 6.23. The molecular weight excluding hydrogens is 494 g/mol. The van der Waals surface area contributed by atoms with Gasteiger partial charge in [-0.3, -0.25) is 4.98 Å². The van der Waals surface area contributed by atoms with E-state index in [1.807, 2.05) is 44.2 Å². The van der Waals surface area contributed by atoms with Gasteiger partial charge in [0.05, 0.1) is 6.26 Å². The van der Waals surface area contributed by atoms with Crippen molar-refractivity contribution in [3.05, 3.63) is 104 Å². The van der Waals surface area contributed by atoms with Crippen LogP contribution in [0.1, 0.15) is 70.7 Å². The van der Waals surface area contributed by atoms with E-state index in [4.69, 9.17) is 11.6 Å². The molecule has 6 nitrogen and oxygen atoms in total. The lowest BCUT2D eigenvalue weighted by molar-refractivity contribution is 0.321. The maximum atomic E-state index is 12.0. The normalized spacial score (nSPS) is 17.0. The summed E-state index contributed by atoms with van der Waals surface area (Å²) in [6.07, 6.45) is 5.14. The third kappa shape index (κ3) is 6.20. The lowest BCUT2D eigenvalue weighted by Crippen LogP contribution is -2.37. The highest BCUT2D eigenvalue weighted by Crippen LogP contribution is 2.39. The minimum absolute atomic E-state index is 0.0421. The van der Waals surface area contributed by atoms with Gasteiger partial charge in [-0.1, -0.05) is 47.1 Å². The summed E-state index contributed by atoms with van der Waals surface area (Å²) in [6.45, 7) is 5.05. The lowest BCUT2D eigenvalue weighted by atomic mass is 9.81. The van der Waals surface area contributed by atoms with Gasteiger partial charge in [0, 0.05) is 35.9 Å². The zero-order chi connectivity index (χ0) is 25.9. The van der Waals surface area contributed by atoms with E-state index in [0.717, 1.165) is 40.8 Å². The zero-order valence-corrected chi connectivity index (χ0v) is 22.5. The molecule has 0 amide bonds. The van der Waals surface area contributed by atoms with Crippen LogP contribution >= 0.6 is 11.6 Å². The fraction of sp³-hybridized carbons (Fsp3) is 0.393. The maximum Gasteiger partial charge on any atom is 0.211 e. The summed E-state index contributed by atoms with van der Waals surface area (Å²) in [7, 11) is -3.14. The summed E-state index contributed by atoms with van der Waals surface area (Å²) >= 11 is 6.24. The number of pyridine rings is 1. The van der Waals surface area contributed by atoms with Crippen LogP contribution in [0, 0.1) is 18.8 Å². The van der Waals surface area contributed by atoms with Crippen molar-refractivity contribution in [2.45, 2.75) is 51.0 Å². The Kier molecular flexibility index (Phi) is 8.23. The SMILES string of the molecule is Cc1cc(C(C[C@H](c2ccc(C3CCN(S(C)(=O)=O)CC3)cc2)c2ccc(Cl)cc2C)N=O)ccn1. The average Bonchev–Trinajstić information content (AvgIpc) is 2.85. The number of hydrogen-bond donors (Lipinski definition) is 0. The van der Waals surface area contributed by atoms with Crippen LogP contribution in [-0.4, -0.2) is 37.1 Å². The van der Waals surface area contributed by atoms with Crippen LogP contribution in [0.2, 0.25) is 5.02 Å². The van der Waals surface area contributed by atoms with Gasteiger partial charge in [0.1, 0.15) is 6.04 Å². The lowest BCUT2D eigenvalue weighted by Gasteiger charge is -2.30. The minimum Gasteiger partial charge on any atom is -0.262 e. The smallest absolute Gasteiger partial charge is 0.211 e. The first-order chi connectivity index (χ1) is 17.2. The van der Waals surface area contributed by atoms with E-state index < -0.39 is 16.1 Å². The second-order valence-corrected chi connectivity index (χ2v) is 12.2. The molecule has 2 heterocycles. The van der Waals surface area contributed by atoms with Gasteiger partial charge in [-0.05, 0) is 91.1 Å². The van der Waals surface area contributed by atoms with Gasteiger partial charge in [0.25, 0.3) is 0 Å². The van der Waals surface area contributed by atoms with Crippen LogP contribution in [0.25, 0.3) is 0 Å². The predicted molar refractivity (Wildman–Crippen MR) is 145 cm³/mol. The molecule has 1 fully saturated rings. The van der Waals surface area contributed by atoms with Crippen LogP contribution < -0.4 is 0 Å². The monoisotopic (exact) mass is 525 g/mol. The summed E-state index contributed by atoms with van der Waals surface area (Å²) in [5, 5.41) is 4.18. The van der Waals surface area contributed by atoms with E-state index in [2.05, 4.69) is 34.4 Å². The second-order valence-electron chi connectivity index (χ2n) is 9.74. The first-order valence-electron chi connectivity index (χ1n) is 12.2. The van der Waals surface area contributed by atoms with Crippen molar-refractivity contribution in [2.75, 3.05) is 19.3 Å². The van der Waals surface area contributed by atoms with Gasteiger partial charge in [0.15, 0.2) is 0 Å². The molecule has 0 aliphatic carbocycles. The van der Waals surface area contributed by atoms with Crippen molar-refractivity contribution in [1.29, 1.82) is 0 Å². The molecular formula is C28H32ClN3O3S. The Morgan fingerprint density at radius 2 is 1.72 bits per heavy atom. The molecule has 1 unspecified atom stereocenters. The van der Waals surface area contributed by atoms with Crippen LogP contribution in [0.4, 0.5) is 0 Å². The second kappa shape index (κ2) is 11.2. The number of benzene rings is 2. The highest BCUT2D eigenvalue weighted by molar-refractivity contribution is 7.88. The summed E-state index contributed by atoms with van der Waals surface area (Å²) in [5.74, 6) is 0.288. The van der Waals surface area contributed by atoms with E-state index >= 15 is 0 Å². The largest absolute Gasteiger partial charge is 0.262 e. The molecule has 2 atom stereocenters. The first-order valence-corrected chi connectivity index (χ1v) is 14.4. The summed E-state index contributed by atoms with van der Waals surface area (Å²) < 4.78 is 25.3. The Labute approximate surface area is 218 Å². The molecule has 190 valence electrons. The number of nitroso groups, excluding NO2 is 1. The van der Waals surface area contributed by atoms with Crippen molar-refractivity contribution < 1.29 is 8.42 Å². The van der Waals surface area contributed by atoms with Crippen LogP contribution in [0.5, 0.6) is 0 Å². The number of rotatable bonds is 8. The summed E-state index contributed by atoms with van der Waals surface area (Å²) in [4.78, 5) is 16.2. The first kappa shape index (κ1) is 26.5. The van der Waals surface area contributed by atoms with Gasteiger partial charge >= 0.3 is 0 Å². The zero-order valence-electron chi connectivity index (χ0n) is 20.9. The summed E-state index contributed by atoms with van der Waals surface area (Å²) in [6, 6.07) is 17.7. The van der Waals surface area contributed by atoms with E-state index in [1.165, 1.54) is 11.8 Å². The Hall–Kier alpha value is -2.61. The van der Waals surface area contributed by atoms with Gasteiger partial charge in [-0.15, -0.1) is 0 Å². The highest BCUT2D eigenvalue weighted by Gasteiger charge is 2.27. The maximum absolute atomic E-state index is 12.0. The van der Waals surface area contributed by atoms with Crippen molar-refractivity contribution in [1.82, 2.24) is 9.29 Å². The Bertz CT molecular complexity index is 1320.